The molecule has 0 aliphatic carbocycles. The molecule has 0 N–H and O–H groups in total. The molecule has 1 amide bonds. The third-order valence-corrected chi connectivity index (χ3v) is 4.82. The number of nitrogens with zero attached hydrogens (tertiary/aromatic N) is 4. The summed E-state index contributed by atoms with van der Waals surface area (Å²) in [5.74, 6) is -1.59. The molecule has 130 valence electrons. The number of azide groups is 1. The van der Waals surface area contributed by atoms with Gasteiger partial charge in [-0.2, -0.15) is 0 Å². The molecule has 1 aromatic rings. The minimum absolute atomic E-state index is 0.0276. The highest BCUT2D eigenvalue weighted by atomic mass is 35.5. The van der Waals surface area contributed by atoms with E-state index in [-0.39, 0.29) is 22.3 Å². The summed E-state index contributed by atoms with van der Waals surface area (Å²) in [5.41, 5.74) is 9.18. The van der Waals surface area contributed by atoms with E-state index in [1.54, 1.807) is 0 Å². The first kappa shape index (κ1) is 17.3. The van der Waals surface area contributed by atoms with Crippen molar-refractivity contribution in [3.8, 4) is 0 Å². The zero-order valence-corrected chi connectivity index (χ0v) is 14.0. The standard InChI is InChI=1S/C16H14ClFN4O3/c1-25-16(24)12-5-2-9-6-8(7-13(23)22(9)12)14-11(20-21-19)4-3-10(17)15(14)18/h3-4,7,9,12H,2,5-6H2,1H3. The summed E-state index contributed by atoms with van der Waals surface area (Å²) >= 11 is 5.84. The first-order chi connectivity index (χ1) is 12.0. The van der Waals surface area contributed by atoms with E-state index in [1.807, 2.05) is 0 Å². The minimum Gasteiger partial charge on any atom is -0.467 e. The molecular weight excluding hydrogens is 351 g/mol. The van der Waals surface area contributed by atoms with Gasteiger partial charge in [-0.15, -0.1) is 0 Å². The zero-order chi connectivity index (χ0) is 18.1. The molecule has 2 atom stereocenters. The molecule has 25 heavy (non-hydrogen) atoms. The van der Waals surface area contributed by atoms with Crippen molar-refractivity contribution in [2.24, 2.45) is 5.11 Å². The van der Waals surface area contributed by atoms with E-state index in [0.29, 0.717) is 24.8 Å². The van der Waals surface area contributed by atoms with Crippen molar-refractivity contribution in [2.75, 3.05) is 7.11 Å². The van der Waals surface area contributed by atoms with Crippen molar-refractivity contribution in [2.45, 2.75) is 31.3 Å². The molecule has 0 spiro atoms. The van der Waals surface area contributed by atoms with Crippen molar-refractivity contribution in [3.05, 3.63) is 45.1 Å². The van der Waals surface area contributed by atoms with E-state index >= 15 is 0 Å². The number of fused-ring (bicyclic) bond motifs is 1. The van der Waals surface area contributed by atoms with Gasteiger partial charge in [0.15, 0.2) is 0 Å². The molecule has 0 bridgehead atoms. The third-order valence-electron chi connectivity index (χ3n) is 4.53. The van der Waals surface area contributed by atoms with Crippen LogP contribution in [-0.4, -0.2) is 36.0 Å². The molecule has 0 saturated carbocycles. The molecule has 3 rings (SSSR count). The quantitative estimate of drug-likeness (QED) is 0.353. The molecule has 9 heteroatoms. The SMILES string of the molecule is COC(=O)C1CCC2CC(c3c(N=[N+]=[N-])ccc(Cl)c3F)=CC(=O)N21. The van der Waals surface area contributed by atoms with Gasteiger partial charge in [0.2, 0.25) is 5.91 Å². The Kier molecular flexibility index (Phi) is 4.65. The summed E-state index contributed by atoms with van der Waals surface area (Å²) in [7, 11) is 1.28. The zero-order valence-electron chi connectivity index (χ0n) is 13.3. The smallest absolute Gasteiger partial charge is 0.328 e. The van der Waals surface area contributed by atoms with Gasteiger partial charge in [0.1, 0.15) is 11.9 Å². The molecule has 2 unspecified atom stereocenters. The predicted molar refractivity (Wildman–Crippen MR) is 88.5 cm³/mol. The van der Waals surface area contributed by atoms with Gasteiger partial charge in [0.25, 0.3) is 0 Å². The van der Waals surface area contributed by atoms with Crippen molar-refractivity contribution in [1.82, 2.24) is 4.90 Å². The van der Waals surface area contributed by atoms with Crippen LogP contribution in [0.5, 0.6) is 0 Å². The maximum Gasteiger partial charge on any atom is 0.328 e. The number of esters is 1. The van der Waals surface area contributed by atoms with Gasteiger partial charge >= 0.3 is 5.97 Å². The highest BCUT2D eigenvalue weighted by Crippen LogP contribution is 2.41. The Bertz CT molecular complexity index is 835. The number of hydrogen-bond acceptors (Lipinski definition) is 4. The molecule has 0 radical (unpaired) electrons. The molecule has 1 saturated heterocycles. The maximum atomic E-state index is 14.5. The van der Waals surface area contributed by atoms with E-state index in [1.165, 1.54) is 30.2 Å². The summed E-state index contributed by atoms with van der Waals surface area (Å²) in [6.45, 7) is 0. The van der Waals surface area contributed by atoms with Crippen LogP contribution in [0.15, 0.2) is 23.3 Å². The average molecular weight is 365 g/mol. The van der Waals surface area contributed by atoms with E-state index < -0.39 is 23.7 Å². The highest BCUT2D eigenvalue weighted by molar-refractivity contribution is 6.31. The summed E-state index contributed by atoms with van der Waals surface area (Å²) in [6.07, 6.45) is 2.70. The summed E-state index contributed by atoms with van der Waals surface area (Å²) in [6, 6.07) is 1.84. The fourth-order valence-electron chi connectivity index (χ4n) is 3.47. The Morgan fingerprint density at radius 1 is 1.48 bits per heavy atom. The molecular formula is C16H14ClFN4O3. The van der Waals surface area contributed by atoms with Crippen LogP contribution in [0.25, 0.3) is 16.0 Å². The van der Waals surface area contributed by atoms with Crippen molar-refractivity contribution >= 4 is 34.7 Å². The topological polar surface area (TPSA) is 95.4 Å². The van der Waals surface area contributed by atoms with Crippen LogP contribution in [0.3, 0.4) is 0 Å². The monoisotopic (exact) mass is 364 g/mol. The summed E-state index contributed by atoms with van der Waals surface area (Å²) in [4.78, 5) is 28.5. The van der Waals surface area contributed by atoms with Gasteiger partial charge in [-0.25, -0.2) is 9.18 Å². The Labute approximate surface area is 147 Å². The van der Waals surface area contributed by atoms with E-state index in [2.05, 4.69) is 10.0 Å². The number of benzene rings is 1. The van der Waals surface area contributed by atoms with Crippen molar-refractivity contribution in [1.29, 1.82) is 0 Å². The molecule has 0 aromatic heterocycles. The van der Waals surface area contributed by atoms with Crippen LogP contribution in [0.1, 0.15) is 24.8 Å². The van der Waals surface area contributed by atoms with Gasteiger partial charge in [-0.1, -0.05) is 22.8 Å². The summed E-state index contributed by atoms with van der Waals surface area (Å²) < 4.78 is 19.3. The molecule has 1 fully saturated rings. The van der Waals surface area contributed by atoms with Crippen LogP contribution in [0.4, 0.5) is 10.1 Å². The normalized spacial score (nSPS) is 22.1. The highest BCUT2D eigenvalue weighted by Gasteiger charge is 2.43. The number of carbonyl (C=O) groups is 2. The number of hydrogen-bond donors (Lipinski definition) is 0. The number of amides is 1. The summed E-state index contributed by atoms with van der Waals surface area (Å²) in [5, 5.41) is 3.37. The Hall–Kier alpha value is -2.57. The lowest BCUT2D eigenvalue weighted by Gasteiger charge is -2.32. The van der Waals surface area contributed by atoms with E-state index in [0.717, 1.165) is 0 Å². The Balaban J connectivity index is 2.03. The van der Waals surface area contributed by atoms with Gasteiger partial charge < -0.3 is 9.64 Å². The minimum atomic E-state index is -0.735. The number of halogens is 2. The molecule has 2 heterocycles. The molecule has 7 nitrogen and oxygen atoms in total. The molecule has 2 aliphatic heterocycles. The average Bonchev–Trinajstić information content (AvgIpc) is 3.02. The van der Waals surface area contributed by atoms with Crippen LogP contribution >= 0.6 is 11.6 Å². The number of carbonyl (C=O) groups excluding carboxylic acids is 2. The second-order valence-electron chi connectivity index (χ2n) is 5.83. The molecule has 1 aromatic carbocycles. The second kappa shape index (κ2) is 6.74. The third kappa shape index (κ3) is 2.94. The lowest BCUT2D eigenvalue weighted by molar-refractivity contribution is -0.150. The fourth-order valence-corrected chi connectivity index (χ4v) is 3.63. The number of methoxy groups -OCH3 is 1. The van der Waals surface area contributed by atoms with Crippen molar-refractivity contribution in [3.63, 3.8) is 0 Å². The second-order valence-corrected chi connectivity index (χ2v) is 6.24. The van der Waals surface area contributed by atoms with Crippen LogP contribution < -0.4 is 0 Å². The lowest BCUT2D eigenvalue weighted by Crippen LogP contribution is -2.46. The van der Waals surface area contributed by atoms with Gasteiger partial charge in [-0.3, -0.25) is 4.79 Å². The number of ether oxygens (including phenoxy) is 1. The first-order valence-electron chi connectivity index (χ1n) is 7.62. The maximum absolute atomic E-state index is 14.5. The Morgan fingerprint density at radius 2 is 2.24 bits per heavy atom. The Morgan fingerprint density at radius 3 is 2.92 bits per heavy atom. The molecule has 2 aliphatic rings. The van der Waals surface area contributed by atoms with Crippen LogP contribution in [0.2, 0.25) is 5.02 Å². The van der Waals surface area contributed by atoms with Gasteiger partial charge in [-0.05, 0) is 36.4 Å². The van der Waals surface area contributed by atoms with Gasteiger partial charge in [0.05, 0.1) is 12.1 Å². The van der Waals surface area contributed by atoms with Crippen LogP contribution in [0, 0.1) is 5.82 Å². The first-order valence-corrected chi connectivity index (χ1v) is 8.00. The number of rotatable bonds is 3. The predicted octanol–water partition coefficient (Wildman–Crippen LogP) is 3.74. The van der Waals surface area contributed by atoms with E-state index in [9.17, 15) is 14.0 Å². The fraction of sp³-hybridized carbons (Fsp3) is 0.375. The van der Waals surface area contributed by atoms with Gasteiger partial charge in [0, 0.05) is 28.3 Å². The van der Waals surface area contributed by atoms with Crippen molar-refractivity contribution < 1.29 is 18.7 Å². The van der Waals surface area contributed by atoms with Crippen LogP contribution in [-0.2, 0) is 14.3 Å². The largest absolute Gasteiger partial charge is 0.467 e. The lowest BCUT2D eigenvalue weighted by atomic mass is 9.92. The van der Waals surface area contributed by atoms with E-state index in [4.69, 9.17) is 21.9 Å².